The van der Waals surface area contributed by atoms with Crippen LogP contribution in [0, 0.1) is 46.8 Å². The molecular formula is C23H33N3O2. The summed E-state index contributed by atoms with van der Waals surface area (Å²) in [5.74, 6) is 5.14. The molecule has 1 heterocycles. The monoisotopic (exact) mass is 383 g/mol. The van der Waals surface area contributed by atoms with Crippen molar-refractivity contribution in [2.45, 2.75) is 76.9 Å². The Bertz CT molecular complexity index is 779. The van der Waals surface area contributed by atoms with Gasteiger partial charge in [-0.25, -0.2) is 0 Å². The van der Waals surface area contributed by atoms with Crippen LogP contribution in [0.1, 0.15) is 64.7 Å². The van der Waals surface area contributed by atoms with Gasteiger partial charge in [-0.05, 0) is 98.7 Å². The summed E-state index contributed by atoms with van der Waals surface area (Å²) in [5, 5.41) is 18.9. The molecule has 0 saturated heterocycles. The quantitative estimate of drug-likeness (QED) is 0.868. The van der Waals surface area contributed by atoms with Gasteiger partial charge in [0.25, 0.3) is 0 Å². The highest BCUT2D eigenvalue weighted by Gasteiger charge is 2.65. The number of aromatic nitrogens is 3. The lowest BCUT2D eigenvalue weighted by atomic mass is 9.49. The van der Waals surface area contributed by atoms with E-state index in [1.165, 1.54) is 38.5 Å². The molecule has 5 aliphatic carbocycles. The Morgan fingerprint density at radius 2 is 1.64 bits per heavy atom. The molecule has 9 unspecified atom stereocenters. The fourth-order valence-corrected chi connectivity index (χ4v) is 8.79. The molecule has 1 aromatic rings. The molecule has 1 aromatic heterocycles. The summed E-state index contributed by atoms with van der Waals surface area (Å²) in [5.41, 5.74) is -0.101. The summed E-state index contributed by atoms with van der Waals surface area (Å²) in [6, 6.07) is 0. The number of hydrogen-bond acceptors (Lipinski definition) is 4. The second-order valence-electron chi connectivity index (χ2n) is 11.0. The minimum atomic E-state index is -0.275. The van der Waals surface area contributed by atoms with Gasteiger partial charge in [-0.3, -0.25) is 4.79 Å². The number of aliphatic hydroxyl groups is 1. The van der Waals surface area contributed by atoms with Gasteiger partial charge in [-0.15, -0.1) is 0 Å². The van der Waals surface area contributed by atoms with E-state index >= 15 is 0 Å². The van der Waals surface area contributed by atoms with E-state index < -0.39 is 0 Å². The summed E-state index contributed by atoms with van der Waals surface area (Å²) in [7, 11) is 0. The van der Waals surface area contributed by atoms with Crippen LogP contribution in [-0.4, -0.2) is 31.5 Å². The molecule has 9 atom stereocenters. The second kappa shape index (κ2) is 5.90. The van der Waals surface area contributed by atoms with Crippen LogP contribution in [0.4, 0.5) is 0 Å². The van der Waals surface area contributed by atoms with Gasteiger partial charge in [0.2, 0.25) is 0 Å². The molecule has 0 radical (unpaired) electrons. The van der Waals surface area contributed by atoms with E-state index in [-0.39, 0.29) is 16.9 Å². The molecule has 0 aromatic carbocycles. The van der Waals surface area contributed by atoms with E-state index in [1.54, 1.807) is 17.2 Å². The Labute approximate surface area is 167 Å². The number of carbonyl (C=O) groups is 1. The number of hydrogen-bond donors (Lipinski definition) is 1. The smallest absolute Gasteiger partial charge is 0.159 e. The van der Waals surface area contributed by atoms with Gasteiger partial charge in [0.15, 0.2) is 5.78 Å². The van der Waals surface area contributed by atoms with Crippen LogP contribution in [-0.2, 0) is 11.3 Å². The van der Waals surface area contributed by atoms with Crippen molar-refractivity contribution in [1.82, 2.24) is 15.0 Å². The molecule has 0 aliphatic heterocycles. The lowest BCUT2D eigenvalue weighted by Crippen LogP contribution is -2.50. The predicted molar refractivity (Wildman–Crippen MR) is 104 cm³/mol. The highest BCUT2D eigenvalue weighted by Crippen LogP contribution is 2.68. The number of rotatable bonds is 3. The van der Waals surface area contributed by atoms with Crippen LogP contribution in [0.5, 0.6) is 0 Å². The van der Waals surface area contributed by atoms with Crippen molar-refractivity contribution in [3.63, 3.8) is 0 Å². The highest BCUT2D eigenvalue weighted by molar-refractivity contribution is 5.81. The lowest BCUT2D eigenvalue weighted by molar-refractivity contribution is -0.132. The first-order chi connectivity index (χ1) is 13.5. The third-order valence-corrected chi connectivity index (χ3v) is 10.1. The largest absolute Gasteiger partial charge is 0.390 e. The van der Waals surface area contributed by atoms with Crippen LogP contribution in [0.3, 0.4) is 0 Å². The maximum atomic E-state index is 13.1. The van der Waals surface area contributed by atoms with Crippen LogP contribution in [0.15, 0.2) is 12.4 Å². The van der Waals surface area contributed by atoms with Gasteiger partial charge in [0, 0.05) is 5.92 Å². The van der Waals surface area contributed by atoms with E-state index in [9.17, 15) is 9.90 Å². The summed E-state index contributed by atoms with van der Waals surface area (Å²) in [6.07, 6.45) is 14.1. The number of ketones is 1. The fraction of sp³-hybridized carbons (Fsp3) is 0.870. The molecule has 5 heteroatoms. The third kappa shape index (κ3) is 2.37. The van der Waals surface area contributed by atoms with E-state index in [4.69, 9.17) is 0 Å². The van der Waals surface area contributed by atoms with Crippen LogP contribution < -0.4 is 0 Å². The van der Waals surface area contributed by atoms with E-state index in [0.29, 0.717) is 24.2 Å². The molecule has 6 rings (SSSR count). The van der Waals surface area contributed by atoms with Gasteiger partial charge >= 0.3 is 0 Å². The van der Waals surface area contributed by atoms with E-state index in [0.717, 1.165) is 42.9 Å². The van der Waals surface area contributed by atoms with Crippen LogP contribution >= 0.6 is 0 Å². The lowest BCUT2D eigenvalue weighted by Gasteiger charge is -2.56. The molecule has 5 saturated carbocycles. The minimum absolute atomic E-state index is 0.174. The molecule has 5 nitrogen and oxygen atoms in total. The summed E-state index contributed by atoms with van der Waals surface area (Å²) in [6.45, 7) is 2.76. The molecule has 0 spiro atoms. The van der Waals surface area contributed by atoms with Crippen molar-refractivity contribution in [2.24, 2.45) is 46.8 Å². The van der Waals surface area contributed by atoms with E-state index in [1.807, 2.05) is 0 Å². The third-order valence-electron chi connectivity index (χ3n) is 10.1. The normalized spacial score (nSPS) is 51.6. The van der Waals surface area contributed by atoms with Crippen molar-refractivity contribution in [1.29, 1.82) is 0 Å². The Morgan fingerprint density at radius 1 is 0.964 bits per heavy atom. The number of Topliss-reactive ketones (excluding diaryl/α,β-unsaturated/α-hetero) is 1. The molecule has 0 amide bonds. The standard InChI is InChI=1S/C23H33N3O2/c1-22-8-6-14-15-7-9-23(28)12-20(23)17(15)3-2-16(14)18(22)4-5-19(22)21(27)13-26-24-10-11-25-26/h10-11,14-20,28H,2-9,12-13H2,1H3. The highest BCUT2D eigenvalue weighted by atomic mass is 16.3. The zero-order valence-electron chi connectivity index (χ0n) is 17.0. The first-order valence-electron chi connectivity index (χ1n) is 11.6. The average Bonchev–Trinajstić information content (AvgIpc) is 3.00. The van der Waals surface area contributed by atoms with E-state index in [2.05, 4.69) is 17.1 Å². The van der Waals surface area contributed by atoms with Crippen molar-refractivity contribution in [2.75, 3.05) is 0 Å². The second-order valence-corrected chi connectivity index (χ2v) is 11.0. The molecule has 152 valence electrons. The zero-order chi connectivity index (χ0) is 19.1. The summed E-state index contributed by atoms with van der Waals surface area (Å²) < 4.78 is 0. The van der Waals surface area contributed by atoms with Gasteiger partial charge < -0.3 is 5.11 Å². The Hall–Kier alpha value is -1.23. The van der Waals surface area contributed by atoms with Gasteiger partial charge in [0.05, 0.1) is 18.0 Å². The van der Waals surface area contributed by atoms with Crippen molar-refractivity contribution in [3.05, 3.63) is 12.4 Å². The zero-order valence-corrected chi connectivity index (χ0v) is 17.0. The average molecular weight is 384 g/mol. The Kier molecular flexibility index (Phi) is 3.71. The van der Waals surface area contributed by atoms with Gasteiger partial charge in [-0.1, -0.05) is 6.92 Å². The summed E-state index contributed by atoms with van der Waals surface area (Å²) >= 11 is 0. The minimum Gasteiger partial charge on any atom is -0.390 e. The van der Waals surface area contributed by atoms with Gasteiger partial charge in [0.1, 0.15) is 6.54 Å². The molecule has 5 aliphatic rings. The molecule has 0 bridgehead atoms. The SMILES string of the molecule is CC12CCC3C4CCC5(O)CC5C4CCC3C1CCC2C(=O)Cn1nccn1. The first kappa shape index (κ1) is 17.6. The molecule has 1 N–H and O–H groups in total. The van der Waals surface area contributed by atoms with Crippen molar-refractivity contribution >= 4 is 5.78 Å². The first-order valence-corrected chi connectivity index (χ1v) is 11.6. The molecule has 5 fully saturated rings. The maximum absolute atomic E-state index is 13.1. The Morgan fingerprint density at radius 3 is 2.39 bits per heavy atom. The number of nitrogens with zero attached hydrogens (tertiary/aromatic N) is 3. The predicted octanol–water partition coefficient (Wildman–Crippen LogP) is 3.48. The summed E-state index contributed by atoms with van der Waals surface area (Å²) in [4.78, 5) is 14.7. The van der Waals surface area contributed by atoms with Crippen molar-refractivity contribution < 1.29 is 9.90 Å². The fourth-order valence-electron chi connectivity index (χ4n) is 8.79. The van der Waals surface area contributed by atoms with Gasteiger partial charge in [-0.2, -0.15) is 15.0 Å². The molecular weight excluding hydrogens is 350 g/mol. The van der Waals surface area contributed by atoms with Crippen LogP contribution in [0.2, 0.25) is 0 Å². The number of carbonyl (C=O) groups excluding carboxylic acids is 1. The van der Waals surface area contributed by atoms with Crippen molar-refractivity contribution in [3.8, 4) is 0 Å². The Balaban J connectivity index is 1.21. The maximum Gasteiger partial charge on any atom is 0.159 e. The molecule has 28 heavy (non-hydrogen) atoms. The number of fused-ring (bicyclic) bond motifs is 7. The topological polar surface area (TPSA) is 68.0 Å². The van der Waals surface area contributed by atoms with Crippen LogP contribution in [0.25, 0.3) is 0 Å².